The Bertz CT molecular complexity index is 534. The van der Waals surface area contributed by atoms with Crippen molar-refractivity contribution in [3.63, 3.8) is 0 Å². The zero-order chi connectivity index (χ0) is 13.1. The summed E-state index contributed by atoms with van der Waals surface area (Å²) in [5, 5.41) is 0. The number of hydrogen-bond acceptors (Lipinski definition) is 5. The maximum atomic E-state index is 5.67. The number of nitrogens with zero attached hydrogens (tertiary/aromatic N) is 3. The third-order valence-electron chi connectivity index (χ3n) is 2.39. The van der Waals surface area contributed by atoms with Crippen LogP contribution in [0.25, 0.3) is 0 Å². The Morgan fingerprint density at radius 1 is 1.17 bits per heavy atom. The highest BCUT2D eigenvalue weighted by Gasteiger charge is 2.03. The van der Waals surface area contributed by atoms with Crippen LogP contribution in [-0.4, -0.2) is 24.1 Å². The molecule has 2 N–H and O–H groups in total. The molecule has 0 aliphatic carbocycles. The van der Waals surface area contributed by atoms with E-state index in [9.17, 15) is 0 Å². The number of nitrogen functional groups attached to an aromatic ring is 1. The van der Waals surface area contributed by atoms with Gasteiger partial charge in [0.05, 0.1) is 0 Å². The van der Waals surface area contributed by atoms with Crippen LogP contribution in [0.1, 0.15) is 5.82 Å². The molecule has 0 radical (unpaired) electrons. The molecule has 0 saturated heterocycles. The van der Waals surface area contributed by atoms with E-state index in [1.807, 2.05) is 43.3 Å². The third-order valence-corrected chi connectivity index (χ3v) is 2.39. The summed E-state index contributed by atoms with van der Waals surface area (Å²) in [7, 11) is 3.96. The van der Waals surface area contributed by atoms with Crippen molar-refractivity contribution in [3.05, 3.63) is 36.2 Å². The van der Waals surface area contributed by atoms with E-state index in [1.165, 1.54) is 0 Å². The molecule has 2 rings (SSSR count). The number of nitrogens with two attached hydrogens (primary N) is 1. The maximum Gasteiger partial charge on any atom is 0.224 e. The van der Waals surface area contributed by atoms with Crippen molar-refractivity contribution in [2.24, 2.45) is 0 Å². The van der Waals surface area contributed by atoms with E-state index < -0.39 is 0 Å². The molecule has 5 nitrogen and oxygen atoms in total. The second kappa shape index (κ2) is 4.91. The van der Waals surface area contributed by atoms with Crippen LogP contribution in [0.5, 0.6) is 11.6 Å². The molecule has 0 unspecified atom stereocenters. The van der Waals surface area contributed by atoms with Crippen LogP contribution in [0, 0.1) is 6.92 Å². The fourth-order valence-corrected chi connectivity index (χ4v) is 1.56. The van der Waals surface area contributed by atoms with Gasteiger partial charge in [0.1, 0.15) is 17.4 Å². The number of rotatable bonds is 3. The minimum absolute atomic E-state index is 0.404. The molecule has 0 bridgehead atoms. The van der Waals surface area contributed by atoms with E-state index in [-0.39, 0.29) is 0 Å². The van der Waals surface area contributed by atoms with Gasteiger partial charge in [-0.2, -0.15) is 4.98 Å². The minimum Gasteiger partial charge on any atom is -0.439 e. The highest BCUT2D eigenvalue weighted by Crippen LogP contribution is 2.24. The van der Waals surface area contributed by atoms with Gasteiger partial charge in [0, 0.05) is 31.9 Å². The number of aryl methyl sites for hydroxylation is 1. The Labute approximate surface area is 106 Å². The van der Waals surface area contributed by atoms with E-state index >= 15 is 0 Å². The molecule has 0 amide bonds. The lowest BCUT2D eigenvalue weighted by molar-refractivity contribution is 0.460. The molecule has 0 atom stereocenters. The molecule has 1 heterocycles. The second-order valence-corrected chi connectivity index (χ2v) is 4.17. The van der Waals surface area contributed by atoms with Gasteiger partial charge < -0.3 is 15.4 Å². The van der Waals surface area contributed by atoms with Gasteiger partial charge in [-0.3, -0.25) is 0 Å². The molecule has 5 heteroatoms. The fourth-order valence-electron chi connectivity index (χ4n) is 1.56. The Morgan fingerprint density at radius 3 is 2.61 bits per heavy atom. The Balaban J connectivity index is 2.25. The van der Waals surface area contributed by atoms with Gasteiger partial charge in [-0.05, 0) is 19.1 Å². The molecule has 0 fully saturated rings. The predicted molar refractivity (Wildman–Crippen MR) is 72.0 cm³/mol. The van der Waals surface area contributed by atoms with Crippen LogP contribution >= 0.6 is 0 Å². The van der Waals surface area contributed by atoms with E-state index in [4.69, 9.17) is 10.5 Å². The number of hydrogen-bond donors (Lipinski definition) is 1. The standard InChI is InChI=1S/C13H16N4O/c1-9-15-12(14)8-13(16-9)18-11-6-4-5-10(7-11)17(2)3/h4-8H,1-3H3,(H2,14,15,16). The molecule has 1 aromatic heterocycles. The summed E-state index contributed by atoms with van der Waals surface area (Å²) in [6.07, 6.45) is 0. The van der Waals surface area contributed by atoms with Gasteiger partial charge in [-0.25, -0.2) is 4.98 Å². The van der Waals surface area contributed by atoms with Gasteiger partial charge in [-0.1, -0.05) is 6.07 Å². The van der Waals surface area contributed by atoms with Crippen molar-refractivity contribution in [2.45, 2.75) is 6.92 Å². The van der Waals surface area contributed by atoms with Crippen molar-refractivity contribution in [1.82, 2.24) is 9.97 Å². The average Bonchev–Trinajstić information content (AvgIpc) is 2.27. The smallest absolute Gasteiger partial charge is 0.224 e. The molecule has 0 aliphatic rings. The zero-order valence-electron chi connectivity index (χ0n) is 10.7. The Morgan fingerprint density at radius 2 is 1.94 bits per heavy atom. The lowest BCUT2D eigenvalue weighted by Crippen LogP contribution is -2.08. The summed E-state index contributed by atoms with van der Waals surface area (Å²) in [6.45, 7) is 1.78. The van der Waals surface area contributed by atoms with Crippen LogP contribution < -0.4 is 15.4 Å². The summed E-state index contributed by atoms with van der Waals surface area (Å²) >= 11 is 0. The summed E-state index contributed by atoms with van der Waals surface area (Å²) in [5.41, 5.74) is 6.71. The number of aromatic nitrogens is 2. The molecule has 0 spiro atoms. The number of benzene rings is 1. The number of ether oxygens (including phenoxy) is 1. The van der Waals surface area contributed by atoms with Crippen molar-refractivity contribution in [2.75, 3.05) is 24.7 Å². The van der Waals surface area contributed by atoms with E-state index in [1.54, 1.807) is 13.0 Å². The molecule has 0 saturated carbocycles. The normalized spacial score (nSPS) is 10.2. The maximum absolute atomic E-state index is 5.67. The van der Waals surface area contributed by atoms with Crippen LogP contribution in [0.4, 0.5) is 11.5 Å². The second-order valence-electron chi connectivity index (χ2n) is 4.17. The quantitative estimate of drug-likeness (QED) is 0.896. The first-order valence-electron chi connectivity index (χ1n) is 5.61. The van der Waals surface area contributed by atoms with E-state index in [0.717, 1.165) is 11.4 Å². The van der Waals surface area contributed by atoms with Crippen LogP contribution in [0.15, 0.2) is 30.3 Å². The Kier molecular flexibility index (Phi) is 3.32. The summed E-state index contributed by atoms with van der Waals surface area (Å²) in [5.74, 6) is 2.17. The largest absolute Gasteiger partial charge is 0.439 e. The fraction of sp³-hybridized carbons (Fsp3) is 0.231. The third kappa shape index (κ3) is 2.88. The van der Waals surface area contributed by atoms with Crippen molar-refractivity contribution in [1.29, 1.82) is 0 Å². The Hall–Kier alpha value is -2.30. The van der Waals surface area contributed by atoms with E-state index in [2.05, 4.69) is 9.97 Å². The van der Waals surface area contributed by atoms with Crippen molar-refractivity contribution in [3.8, 4) is 11.6 Å². The highest BCUT2D eigenvalue weighted by atomic mass is 16.5. The molecule has 1 aromatic carbocycles. The number of anilines is 2. The molecular weight excluding hydrogens is 228 g/mol. The van der Waals surface area contributed by atoms with Gasteiger partial charge >= 0.3 is 0 Å². The van der Waals surface area contributed by atoms with Crippen molar-refractivity contribution >= 4 is 11.5 Å². The summed E-state index contributed by atoms with van der Waals surface area (Å²) in [6, 6.07) is 9.36. The van der Waals surface area contributed by atoms with Gasteiger partial charge in [0.25, 0.3) is 0 Å². The zero-order valence-corrected chi connectivity index (χ0v) is 10.7. The topological polar surface area (TPSA) is 64.3 Å². The first-order valence-corrected chi connectivity index (χ1v) is 5.61. The molecular formula is C13H16N4O. The first kappa shape index (κ1) is 12.2. The van der Waals surface area contributed by atoms with Crippen LogP contribution in [0.3, 0.4) is 0 Å². The summed E-state index contributed by atoms with van der Waals surface area (Å²) < 4.78 is 5.67. The lowest BCUT2D eigenvalue weighted by atomic mass is 10.3. The van der Waals surface area contributed by atoms with Gasteiger partial charge in [0.2, 0.25) is 5.88 Å². The van der Waals surface area contributed by atoms with Gasteiger partial charge in [0.15, 0.2) is 0 Å². The van der Waals surface area contributed by atoms with Crippen LogP contribution in [0.2, 0.25) is 0 Å². The summed E-state index contributed by atoms with van der Waals surface area (Å²) in [4.78, 5) is 10.2. The molecule has 2 aromatic rings. The monoisotopic (exact) mass is 244 g/mol. The molecule has 94 valence electrons. The minimum atomic E-state index is 0.404. The average molecular weight is 244 g/mol. The molecule has 0 aliphatic heterocycles. The van der Waals surface area contributed by atoms with E-state index in [0.29, 0.717) is 17.5 Å². The van der Waals surface area contributed by atoms with Gasteiger partial charge in [-0.15, -0.1) is 0 Å². The lowest BCUT2D eigenvalue weighted by Gasteiger charge is -2.13. The SMILES string of the molecule is Cc1nc(N)cc(Oc2cccc(N(C)C)c2)n1. The first-order chi connectivity index (χ1) is 8.54. The highest BCUT2D eigenvalue weighted by molar-refractivity contribution is 5.50. The molecule has 18 heavy (non-hydrogen) atoms. The van der Waals surface area contributed by atoms with Crippen molar-refractivity contribution < 1.29 is 4.74 Å². The van der Waals surface area contributed by atoms with Crippen LogP contribution in [-0.2, 0) is 0 Å². The predicted octanol–water partition coefficient (Wildman–Crippen LogP) is 2.23.